The molecule has 3 nitrogen and oxygen atoms in total. The minimum atomic E-state index is 0.689. The number of rotatable bonds is 4. The topological polar surface area (TPSA) is 18.5 Å². The van der Waals surface area contributed by atoms with E-state index in [1.807, 2.05) is 0 Å². The van der Waals surface area contributed by atoms with Gasteiger partial charge >= 0.3 is 0 Å². The predicted octanol–water partition coefficient (Wildman–Crippen LogP) is 2.08. The molecule has 110 valence electrons. The molecule has 3 atom stereocenters. The Morgan fingerprint density at radius 1 is 1.11 bits per heavy atom. The summed E-state index contributed by atoms with van der Waals surface area (Å²) in [5.74, 6) is 0. The maximum Gasteiger partial charge on any atom is 0.0267 e. The summed E-state index contributed by atoms with van der Waals surface area (Å²) in [6.45, 7) is 9.98. The Morgan fingerprint density at radius 2 is 2.00 bits per heavy atom. The number of piperidine rings is 1. The molecule has 3 unspecified atom stereocenters. The quantitative estimate of drug-likeness (QED) is 0.839. The van der Waals surface area contributed by atoms with Gasteiger partial charge in [0.25, 0.3) is 0 Å². The molecule has 3 saturated heterocycles. The van der Waals surface area contributed by atoms with Crippen molar-refractivity contribution >= 4 is 0 Å². The number of fused-ring (bicyclic) bond motifs is 1. The second kappa shape index (κ2) is 6.11. The zero-order valence-electron chi connectivity index (χ0n) is 12.8. The van der Waals surface area contributed by atoms with Gasteiger partial charge in [0.2, 0.25) is 0 Å². The summed E-state index contributed by atoms with van der Waals surface area (Å²) in [7, 11) is 0. The molecular weight excluding hydrogens is 234 g/mol. The summed E-state index contributed by atoms with van der Waals surface area (Å²) in [6, 6.07) is 3.12. The molecule has 3 fully saturated rings. The normalized spacial score (nSPS) is 36.3. The van der Waals surface area contributed by atoms with Gasteiger partial charge in [0, 0.05) is 37.3 Å². The number of nitrogens with zero attached hydrogens (tertiary/aromatic N) is 2. The smallest absolute Gasteiger partial charge is 0.0267 e. The average Bonchev–Trinajstić information content (AvgIpc) is 3.00. The fourth-order valence-corrected chi connectivity index (χ4v) is 4.51. The lowest BCUT2D eigenvalue weighted by atomic mass is 9.99. The van der Waals surface area contributed by atoms with Gasteiger partial charge in [0.1, 0.15) is 0 Å². The summed E-state index contributed by atoms with van der Waals surface area (Å²) in [5, 5.41) is 3.73. The van der Waals surface area contributed by atoms with Gasteiger partial charge in [-0.15, -0.1) is 0 Å². The van der Waals surface area contributed by atoms with Crippen LogP contribution in [0.2, 0.25) is 0 Å². The first-order valence-corrected chi connectivity index (χ1v) is 8.49. The predicted molar refractivity (Wildman–Crippen MR) is 80.5 cm³/mol. The maximum absolute atomic E-state index is 3.73. The highest BCUT2D eigenvalue weighted by molar-refractivity contribution is 4.98. The van der Waals surface area contributed by atoms with E-state index in [-0.39, 0.29) is 0 Å². The largest absolute Gasteiger partial charge is 0.313 e. The molecule has 3 aliphatic rings. The standard InChI is InChI=1S/C16H31N3/c1-13(2)19(12-14-6-3-4-9-17-14)16-8-11-18-10-5-7-15(16)18/h13-17H,3-12H2,1-2H3. The van der Waals surface area contributed by atoms with Crippen LogP contribution in [0.5, 0.6) is 0 Å². The molecule has 3 heteroatoms. The molecule has 3 aliphatic heterocycles. The molecule has 19 heavy (non-hydrogen) atoms. The van der Waals surface area contributed by atoms with Crippen molar-refractivity contribution in [1.82, 2.24) is 15.1 Å². The van der Waals surface area contributed by atoms with Gasteiger partial charge in [-0.25, -0.2) is 0 Å². The minimum Gasteiger partial charge on any atom is -0.313 e. The Hall–Kier alpha value is -0.120. The van der Waals surface area contributed by atoms with Crippen LogP contribution in [0, 0.1) is 0 Å². The molecule has 0 aromatic carbocycles. The highest BCUT2D eigenvalue weighted by Gasteiger charge is 2.41. The third-order valence-corrected chi connectivity index (χ3v) is 5.50. The van der Waals surface area contributed by atoms with Crippen LogP contribution < -0.4 is 5.32 Å². The molecule has 3 rings (SSSR count). The second-order valence-electron chi connectivity index (χ2n) is 7.04. The minimum absolute atomic E-state index is 0.689. The van der Waals surface area contributed by atoms with Crippen molar-refractivity contribution in [3.8, 4) is 0 Å². The van der Waals surface area contributed by atoms with Gasteiger partial charge in [-0.05, 0) is 59.0 Å². The van der Waals surface area contributed by atoms with E-state index in [4.69, 9.17) is 0 Å². The van der Waals surface area contributed by atoms with E-state index in [0.29, 0.717) is 6.04 Å². The first kappa shape index (κ1) is 13.8. The Balaban J connectivity index is 1.63. The lowest BCUT2D eigenvalue weighted by Gasteiger charge is -2.39. The van der Waals surface area contributed by atoms with Crippen LogP contribution in [-0.4, -0.2) is 60.1 Å². The number of hydrogen-bond donors (Lipinski definition) is 1. The lowest BCUT2D eigenvalue weighted by molar-refractivity contribution is 0.106. The van der Waals surface area contributed by atoms with Crippen molar-refractivity contribution < 1.29 is 0 Å². The van der Waals surface area contributed by atoms with Crippen molar-refractivity contribution in [2.24, 2.45) is 0 Å². The van der Waals surface area contributed by atoms with E-state index in [1.165, 1.54) is 64.7 Å². The Kier molecular flexibility index (Phi) is 4.45. The van der Waals surface area contributed by atoms with E-state index in [9.17, 15) is 0 Å². The van der Waals surface area contributed by atoms with E-state index in [0.717, 1.165) is 18.1 Å². The molecular formula is C16H31N3. The van der Waals surface area contributed by atoms with Crippen LogP contribution in [0.4, 0.5) is 0 Å². The maximum atomic E-state index is 3.73. The van der Waals surface area contributed by atoms with Gasteiger partial charge in [0.05, 0.1) is 0 Å². The molecule has 1 N–H and O–H groups in total. The molecule has 3 heterocycles. The summed E-state index contributed by atoms with van der Waals surface area (Å²) in [6.07, 6.45) is 8.43. The molecule has 0 saturated carbocycles. The van der Waals surface area contributed by atoms with Crippen LogP contribution in [-0.2, 0) is 0 Å². The van der Waals surface area contributed by atoms with Gasteiger partial charge in [-0.2, -0.15) is 0 Å². The van der Waals surface area contributed by atoms with E-state index in [1.54, 1.807) is 0 Å². The van der Waals surface area contributed by atoms with Gasteiger partial charge < -0.3 is 5.32 Å². The Labute approximate surface area is 118 Å². The molecule has 0 aromatic rings. The first-order chi connectivity index (χ1) is 9.25. The molecule has 0 amide bonds. The van der Waals surface area contributed by atoms with E-state index < -0.39 is 0 Å². The van der Waals surface area contributed by atoms with Crippen molar-refractivity contribution in [1.29, 1.82) is 0 Å². The number of nitrogens with one attached hydrogen (secondary N) is 1. The van der Waals surface area contributed by atoms with Crippen LogP contribution in [0.25, 0.3) is 0 Å². The molecule has 0 aromatic heterocycles. The Morgan fingerprint density at radius 3 is 2.74 bits per heavy atom. The average molecular weight is 265 g/mol. The first-order valence-electron chi connectivity index (χ1n) is 8.49. The fraction of sp³-hybridized carbons (Fsp3) is 1.00. The molecule has 0 spiro atoms. The highest BCUT2D eigenvalue weighted by Crippen LogP contribution is 2.32. The summed E-state index contributed by atoms with van der Waals surface area (Å²) in [5.41, 5.74) is 0. The van der Waals surface area contributed by atoms with Gasteiger partial charge in [0.15, 0.2) is 0 Å². The SMILES string of the molecule is CC(C)N(CC1CCCCN1)C1CCN2CCCC12. The van der Waals surface area contributed by atoms with Gasteiger partial charge in [-0.3, -0.25) is 9.80 Å². The van der Waals surface area contributed by atoms with E-state index >= 15 is 0 Å². The fourth-order valence-electron chi connectivity index (χ4n) is 4.51. The zero-order chi connectivity index (χ0) is 13.2. The third-order valence-electron chi connectivity index (χ3n) is 5.50. The third kappa shape index (κ3) is 2.98. The van der Waals surface area contributed by atoms with Crippen LogP contribution in [0.15, 0.2) is 0 Å². The zero-order valence-corrected chi connectivity index (χ0v) is 12.8. The molecule has 0 radical (unpaired) electrons. The van der Waals surface area contributed by atoms with Crippen molar-refractivity contribution in [2.45, 2.75) is 76.5 Å². The van der Waals surface area contributed by atoms with Gasteiger partial charge in [-0.1, -0.05) is 6.42 Å². The van der Waals surface area contributed by atoms with Crippen LogP contribution >= 0.6 is 0 Å². The molecule has 0 aliphatic carbocycles. The number of hydrogen-bond acceptors (Lipinski definition) is 3. The van der Waals surface area contributed by atoms with E-state index in [2.05, 4.69) is 29.0 Å². The molecule has 0 bridgehead atoms. The van der Waals surface area contributed by atoms with Crippen molar-refractivity contribution in [2.75, 3.05) is 26.2 Å². The lowest BCUT2D eigenvalue weighted by Crippen LogP contribution is -2.52. The van der Waals surface area contributed by atoms with Crippen molar-refractivity contribution in [3.05, 3.63) is 0 Å². The Bertz CT molecular complexity index is 286. The summed E-state index contributed by atoms with van der Waals surface area (Å²) >= 11 is 0. The van der Waals surface area contributed by atoms with Crippen LogP contribution in [0.3, 0.4) is 0 Å². The van der Waals surface area contributed by atoms with Crippen LogP contribution in [0.1, 0.15) is 52.4 Å². The monoisotopic (exact) mass is 265 g/mol. The summed E-state index contributed by atoms with van der Waals surface area (Å²) < 4.78 is 0. The highest BCUT2D eigenvalue weighted by atomic mass is 15.3. The second-order valence-corrected chi connectivity index (χ2v) is 7.04. The van der Waals surface area contributed by atoms with Crippen molar-refractivity contribution in [3.63, 3.8) is 0 Å². The summed E-state index contributed by atoms with van der Waals surface area (Å²) in [4.78, 5) is 5.56.